The fraction of sp³-hybridized carbons (Fsp3) is 0.250. The summed E-state index contributed by atoms with van der Waals surface area (Å²) in [6.45, 7) is 6.43. The summed E-state index contributed by atoms with van der Waals surface area (Å²) in [7, 11) is 0. The van der Waals surface area contributed by atoms with Crippen LogP contribution in [0.25, 0.3) is 17.0 Å². The fourth-order valence-electron chi connectivity index (χ4n) is 3.07. The van der Waals surface area contributed by atoms with Crippen molar-refractivity contribution in [2.75, 3.05) is 11.9 Å². The summed E-state index contributed by atoms with van der Waals surface area (Å²) in [6.07, 6.45) is 0.673. The van der Waals surface area contributed by atoms with Gasteiger partial charge in [-0.3, -0.25) is 0 Å². The number of rotatable bonds is 5. The van der Waals surface area contributed by atoms with Gasteiger partial charge in [0.1, 0.15) is 23.0 Å². The van der Waals surface area contributed by atoms with E-state index in [0.717, 1.165) is 34.0 Å². The number of aromatic nitrogens is 4. The molecule has 0 aliphatic carbocycles. The van der Waals surface area contributed by atoms with E-state index in [9.17, 15) is 10.2 Å². The molecule has 0 aliphatic heterocycles. The number of hydrogen-bond acceptors (Lipinski definition) is 7. The third kappa shape index (κ3) is 3.24. The third-order valence-electron chi connectivity index (χ3n) is 4.72. The zero-order valence-electron chi connectivity index (χ0n) is 15.9. The Hall–Kier alpha value is -3.55. The van der Waals surface area contributed by atoms with Gasteiger partial charge in [-0.1, -0.05) is 11.2 Å². The van der Waals surface area contributed by atoms with E-state index in [1.54, 1.807) is 16.6 Å². The lowest BCUT2D eigenvalue weighted by Crippen LogP contribution is -2.12. The quantitative estimate of drug-likeness (QED) is 0.456. The Bertz CT molecular complexity index is 1160. The standard InChI is InChI=1S/C20H21N5O3/c1-11-8-16(24-28-11)15-10-19-22-13(3)12(2)20(25(19)23-15)21-7-6-14-4-5-17(26)18(27)9-14/h4-5,8-10,21,26-27H,6-7H2,1-3H3. The molecule has 8 nitrogen and oxygen atoms in total. The van der Waals surface area contributed by atoms with E-state index in [-0.39, 0.29) is 11.5 Å². The summed E-state index contributed by atoms with van der Waals surface area (Å²) in [6, 6.07) is 8.56. The molecular weight excluding hydrogens is 358 g/mol. The molecule has 0 aliphatic rings. The number of phenols is 2. The topological polar surface area (TPSA) is 109 Å². The summed E-state index contributed by atoms with van der Waals surface area (Å²) < 4.78 is 6.92. The van der Waals surface area contributed by atoms with Crippen molar-refractivity contribution in [3.05, 3.63) is 52.9 Å². The molecule has 3 heterocycles. The Balaban J connectivity index is 1.62. The number of anilines is 1. The highest BCUT2D eigenvalue weighted by atomic mass is 16.5. The second-order valence-corrected chi connectivity index (χ2v) is 6.79. The Morgan fingerprint density at radius 3 is 2.57 bits per heavy atom. The van der Waals surface area contributed by atoms with Gasteiger partial charge in [0.25, 0.3) is 0 Å². The first-order valence-electron chi connectivity index (χ1n) is 8.98. The van der Waals surface area contributed by atoms with Gasteiger partial charge < -0.3 is 20.1 Å². The van der Waals surface area contributed by atoms with Gasteiger partial charge >= 0.3 is 0 Å². The minimum absolute atomic E-state index is 0.115. The lowest BCUT2D eigenvalue weighted by Gasteiger charge is -2.13. The number of benzene rings is 1. The number of hydrogen-bond donors (Lipinski definition) is 3. The van der Waals surface area contributed by atoms with E-state index in [1.807, 2.05) is 32.9 Å². The minimum atomic E-state index is -0.119. The van der Waals surface area contributed by atoms with E-state index in [1.165, 1.54) is 6.07 Å². The van der Waals surface area contributed by atoms with Crippen LogP contribution in [0.2, 0.25) is 0 Å². The summed E-state index contributed by atoms with van der Waals surface area (Å²) in [5, 5.41) is 31.2. The first-order valence-corrected chi connectivity index (χ1v) is 8.98. The molecule has 0 saturated heterocycles. The van der Waals surface area contributed by atoms with Crippen molar-refractivity contribution in [1.82, 2.24) is 19.8 Å². The molecule has 0 bridgehead atoms. The Morgan fingerprint density at radius 2 is 1.86 bits per heavy atom. The molecule has 0 unspecified atom stereocenters. The number of nitrogens with zero attached hydrogens (tertiary/aromatic N) is 4. The molecule has 3 N–H and O–H groups in total. The van der Waals surface area contributed by atoms with E-state index >= 15 is 0 Å². The van der Waals surface area contributed by atoms with Crippen molar-refractivity contribution in [2.24, 2.45) is 0 Å². The van der Waals surface area contributed by atoms with Gasteiger partial charge in [-0.2, -0.15) is 9.61 Å². The maximum atomic E-state index is 9.64. The first kappa shape index (κ1) is 17.8. The zero-order chi connectivity index (χ0) is 19.8. The number of phenolic OH excluding ortho intramolecular Hbond substituents is 2. The van der Waals surface area contributed by atoms with Gasteiger partial charge in [0.15, 0.2) is 17.1 Å². The molecule has 0 spiro atoms. The van der Waals surface area contributed by atoms with Crippen molar-refractivity contribution >= 4 is 11.5 Å². The number of aryl methyl sites for hydroxylation is 2. The molecule has 0 saturated carbocycles. The molecular formula is C20H21N5O3. The molecule has 144 valence electrons. The average molecular weight is 379 g/mol. The summed E-state index contributed by atoms with van der Waals surface area (Å²) in [5.74, 6) is 1.35. The highest BCUT2D eigenvalue weighted by Gasteiger charge is 2.15. The molecule has 28 heavy (non-hydrogen) atoms. The first-order chi connectivity index (χ1) is 13.4. The predicted molar refractivity (Wildman–Crippen MR) is 105 cm³/mol. The van der Waals surface area contributed by atoms with Crippen molar-refractivity contribution in [1.29, 1.82) is 0 Å². The van der Waals surface area contributed by atoms with Crippen LogP contribution in [0, 0.1) is 20.8 Å². The second-order valence-electron chi connectivity index (χ2n) is 6.79. The Morgan fingerprint density at radius 1 is 1.04 bits per heavy atom. The molecule has 1 aromatic carbocycles. The Kier molecular flexibility index (Phi) is 4.38. The number of aromatic hydroxyl groups is 2. The third-order valence-corrected chi connectivity index (χ3v) is 4.72. The molecule has 3 aromatic heterocycles. The van der Waals surface area contributed by atoms with Crippen LogP contribution in [-0.4, -0.2) is 36.5 Å². The fourth-order valence-corrected chi connectivity index (χ4v) is 3.07. The van der Waals surface area contributed by atoms with Gasteiger partial charge in [-0.05, 0) is 44.9 Å². The van der Waals surface area contributed by atoms with Crippen LogP contribution < -0.4 is 5.32 Å². The molecule has 0 atom stereocenters. The van der Waals surface area contributed by atoms with Crippen LogP contribution in [0.5, 0.6) is 11.5 Å². The molecule has 0 radical (unpaired) electrons. The van der Waals surface area contributed by atoms with Crippen molar-refractivity contribution in [3.8, 4) is 22.9 Å². The lowest BCUT2D eigenvalue weighted by molar-refractivity contribution is 0.399. The van der Waals surface area contributed by atoms with Gasteiger partial charge in [-0.25, -0.2) is 4.98 Å². The van der Waals surface area contributed by atoms with Crippen LogP contribution in [-0.2, 0) is 6.42 Å². The molecule has 0 fully saturated rings. The SMILES string of the molecule is Cc1cc(-c2cc3nc(C)c(C)c(NCCc4ccc(O)c(O)c4)n3n2)no1. The summed E-state index contributed by atoms with van der Waals surface area (Å²) in [5.41, 5.74) is 4.93. The van der Waals surface area contributed by atoms with Crippen LogP contribution >= 0.6 is 0 Å². The minimum Gasteiger partial charge on any atom is -0.504 e. The van der Waals surface area contributed by atoms with Crippen LogP contribution in [0.15, 0.2) is 34.9 Å². The molecule has 4 aromatic rings. The molecule has 0 amide bonds. The van der Waals surface area contributed by atoms with E-state index in [0.29, 0.717) is 24.4 Å². The van der Waals surface area contributed by atoms with Crippen LogP contribution in [0.3, 0.4) is 0 Å². The van der Waals surface area contributed by atoms with Gasteiger partial charge in [-0.15, -0.1) is 0 Å². The maximum Gasteiger partial charge on any atom is 0.158 e. The van der Waals surface area contributed by atoms with E-state index in [4.69, 9.17) is 4.52 Å². The van der Waals surface area contributed by atoms with Crippen molar-refractivity contribution < 1.29 is 14.7 Å². The van der Waals surface area contributed by atoms with Crippen LogP contribution in [0.1, 0.15) is 22.6 Å². The molecule has 8 heteroatoms. The number of fused-ring (bicyclic) bond motifs is 1. The lowest BCUT2D eigenvalue weighted by atomic mass is 10.1. The Labute approximate surface area is 161 Å². The predicted octanol–water partition coefficient (Wildman–Crippen LogP) is 3.38. The zero-order valence-corrected chi connectivity index (χ0v) is 15.9. The smallest absolute Gasteiger partial charge is 0.158 e. The maximum absolute atomic E-state index is 9.64. The van der Waals surface area contributed by atoms with Crippen molar-refractivity contribution in [2.45, 2.75) is 27.2 Å². The monoisotopic (exact) mass is 379 g/mol. The van der Waals surface area contributed by atoms with Crippen molar-refractivity contribution in [3.63, 3.8) is 0 Å². The normalized spacial score (nSPS) is 11.2. The van der Waals surface area contributed by atoms with Gasteiger partial charge in [0.2, 0.25) is 0 Å². The largest absolute Gasteiger partial charge is 0.504 e. The van der Waals surface area contributed by atoms with Gasteiger partial charge in [0.05, 0.1) is 0 Å². The van der Waals surface area contributed by atoms with E-state index < -0.39 is 0 Å². The highest BCUT2D eigenvalue weighted by molar-refractivity contribution is 5.64. The highest BCUT2D eigenvalue weighted by Crippen LogP contribution is 2.26. The van der Waals surface area contributed by atoms with Gasteiger partial charge in [0, 0.05) is 29.9 Å². The van der Waals surface area contributed by atoms with Crippen LogP contribution in [0.4, 0.5) is 5.82 Å². The summed E-state index contributed by atoms with van der Waals surface area (Å²) in [4.78, 5) is 4.62. The number of nitrogens with one attached hydrogen (secondary N) is 1. The average Bonchev–Trinajstić information content (AvgIpc) is 3.27. The molecule has 4 rings (SSSR count). The second kappa shape index (κ2) is 6.88. The van der Waals surface area contributed by atoms with E-state index in [2.05, 4.69) is 20.6 Å². The summed E-state index contributed by atoms with van der Waals surface area (Å²) >= 11 is 0.